The SMILES string of the molecule is O=Cc1c(O)cccc1OC[C@@H]1CCCN1C(=O)c1ccccc1. The van der Waals surface area contributed by atoms with Crippen LogP contribution in [0.2, 0.25) is 0 Å². The summed E-state index contributed by atoms with van der Waals surface area (Å²) >= 11 is 0. The van der Waals surface area contributed by atoms with Crippen LogP contribution in [0.1, 0.15) is 33.6 Å². The molecule has 124 valence electrons. The molecule has 0 spiro atoms. The Morgan fingerprint density at radius 2 is 2.00 bits per heavy atom. The molecule has 0 unspecified atom stereocenters. The number of hydrogen-bond acceptors (Lipinski definition) is 4. The molecule has 0 saturated carbocycles. The fraction of sp³-hybridized carbons (Fsp3) is 0.263. The standard InChI is InChI=1S/C19H19NO4/c21-12-16-17(22)9-4-10-18(16)24-13-15-8-5-11-20(15)19(23)14-6-2-1-3-7-14/h1-4,6-7,9-10,12,15,22H,5,8,11,13H2/t15-/m0/s1. The van der Waals surface area contributed by atoms with Crippen LogP contribution in [0, 0.1) is 0 Å². The second-order valence-electron chi connectivity index (χ2n) is 5.78. The van der Waals surface area contributed by atoms with Crippen molar-refractivity contribution in [2.45, 2.75) is 18.9 Å². The van der Waals surface area contributed by atoms with E-state index in [9.17, 15) is 14.7 Å². The lowest BCUT2D eigenvalue weighted by molar-refractivity contribution is 0.0690. The van der Waals surface area contributed by atoms with E-state index in [-0.39, 0.29) is 23.3 Å². The van der Waals surface area contributed by atoms with E-state index < -0.39 is 0 Å². The van der Waals surface area contributed by atoms with Gasteiger partial charge in [0, 0.05) is 12.1 Å². The third-order valence-corrected chi connectivity index (χ3v) is 4.25. The average Bonchev–Trinajstić information content (AvgIpc) is 3.08. The van der Waals surface area contributed by atoms with E-state index in [0.717, 1.165) is 12.8 Å². The van der Waals surface area contributed by atoms with Crippen LogP contribution < -0.4 is 4.74 Å². The molecule has 1 atom stereocenters. The quantitative estimate of drug-likeness (QED) is 0.859. The van der Waals surface area contributed by atoms with Crippen molar-refractivity contribution in [3.05, 3.63) is 59.7 Å². The number of ether oxygens (including phenoxy) is 1. The Bertz CT molecular complexity index is 729. The van der Waals surface area contributed by atoms with Crippen LogP contribution >= 0.6 is 0 Å². The number of likely N-dealkylation sites (tertiary alicyclic amines) is 1. The number of aldehydes is 1. The van der Waals surface area contributed by atoms with Gasteiger partial charge in [0.25, 0.3) is 5.91 Å². The Labute approximate surface area is 140 Å². The van der Waals surface area contributed by atoms with Gasteiger partial charge in [0.2, 0.25) is 0 Å². The molecule has 0 bridgehead atoms. The summed E-state index contributed by atoms with van der Waals surface area (Å²) in [5.74, 6) is 0.225. The van der Waals surface area contributed by atoms with E-state index in [4.69, 9.17) is 4.74 Å². The molecule has 1 amide bonds. The molecule has 3 rings (SSSR count). The number of amides is 1. The summed E-state index contributed by atoms with van der Waals surface area (Å²) in [6, 6.07) is 13.8. The normalized spacial score (nSPS) is 16.8. The van der Waals surface area contributed by atoms with Crippen molar-refractivity contribution in [3.63, 3.8) is 0 Å². The second-order valence-corrected chi connectivity index (χ2v) is 5.78. The first-order valence-corrected chi connectivity index (χ1v) is 7.96. The predicted molar refractivity (Wildman–Crippen MR) is 89.5 cm³/mol. The molecule has 1 heterocycles. The van der Waals surface area contributed by atoms with Crippen LogP contribution in [-0.4, -0.2) is 41.4 Å². The van der Waals surface area contributed by atoms with Crippen LogP contribution in [-0.2, 0) is 0 Å². The summed E-state index contributed by atoms with van der Waals surface area (Å²) in [5, 5.41) is 9.70. The molecule has 0 aliphatic carbocycles. The number of carbonyl (C=O) groups is 2. The lowest BCUT2D eigenvalue weighted by atomic mass is 10.1. The molecule has 1 N–H and O–H groups in total. The lowest BCUT2D eigenvalue weighted by Gasteiger charge is -2.25. The zero-order valence-electron chi connectivity index (χ0n) is 13.2. The van der Waals surface area contributed by atoms with Gasteiger partial charge >= 0.3 is 0 Å². The van der Waals surface area contributed by atoms with E-state index in [0.29, 0.717) is 30.8 Å². The number of hydrogen-bond donors (Lipinski definition) is 1. The van der Waals surface area contributed by atoms with Crippen LogP contribution in [0.15, 0.2) is 48.5 Å². The largest absolute Gasteiger partial charge is 0.507 e. The van der Waals surface area contributed by atoms with E-state index in [1.54, 1.807) is 24.3 Å². The highest BCUT2D eigenvalue weighted by Gasteiger charge is 2.30. The average molecular weight is 325 g/mol. The number of aromatic hydroxyl groups is 1. The maximum absolute atomic E-state index is 12.6. The van der Waals surface area contributed by atoms with E-state index >= 15 is 0 Å². The molecule has 2 aromatic carbocycles. The van der Waals surface area contributed by atoms with Gasteiger partial charge in [-0.25, -0.2) is 0 Å². The fourth-order valence-corrected chi connectivity index (χ4v) is 2.99. The van der Waals surface area contributed by atoms with E-state index in [1.165, 1.54) is 6.07 Å². The first-order chi connectivity index (χ1) is 11.7. The number of phenols is 1. The first kappa shape index (κ1) is 16.1. The van der Waals surface area contributed by atoms with Crippen molar-refractivity contribution < 1.29 is 19.4 Å². The number of phenolic OH excluding ortho intramolecular Hbond substituents is 1. The summed E-state index contributed by atoms with van der Waals surface area (Å²) in [5.41, 5.74) is 0.798. The zero-order valence-corrected chi connectivity index (χ0v) is 13.2. The van der Waals surface area contributed by atoms with Gasteiger partial charge in [-0.05, 0) is 37.1 Å². The van der Waals surface area contributed by atoms with Crippen molar-refractivity contribution in [3.8, 4) is 11.5 Å². The molecule has 1 aliphatic heterocycles. The maximum Gasteiger partial charge on any atom is 0.254 e. The second kappa shape index (κ2) is 7.17. The van der Waals surface area contributed by atoms with Gasteiger partial charge in [-0.1, -0.05) is 24.3 Å². The van der Waals surface area contributed by atoms with Crippen molar-refractivity contribution in [2.24, 2.45) is 0 Å². The Balaban J connectivity index is 1.70. The Morgan fingerprint density at radius 1 is 1.21 bits per heavy atom. The van der Waals surface area contributed by atoms with Crippen LogP contribution in [0.3, 0.4) is 0 Å². The number of carbonyl (C=O) groups excluding carboxylic acids is 2. The molecule has 1 aliphatic rings. The Morgan fingerprint density at radius 3 is 2.75 bits per heavy atom. The highest BCUT2D eigenvalue weighted by Crippen LogP contribution is 2.27. The molecule has 0 aromatic heterocycles. The smallest absolute Gasteiger partial charge is 0.254 e. The van der Waals surface area contributed by atoms with Gasteiger partial charge in [0.05, 0.1) is 11.6 Å². The van der Waals surface area contributed by atoms with E-state index in [2.05, 4.69) is 0 Å². The molecule has 1 saturated heterocycles. The van der Waals surface area contributed by atoms with Crippen molar-refractivity contribution >= 4 is 12.2 Å². The monoisotopic (exact) mass is 325 g/mol. The van der Waals surface area contributed by atoms with Gasteiger partial charge < -0.3 is 14.7 Å². The number of rotatable bonds is 5. The van der Waals surface area contributed by atoms with Gasteiger partial charge in [0.15, 0.2) is 6.29 Å². The number of benzene rings is 2. The van der Waals surface area contributed by atoms with Crippen molar-refractivity contribution in [2.75, 3.05) is 13.2 Å². The highest BCUT2D eigenvalue weighted by molar-refractivity contribution is 5.94. The molecule has 2 aromatic rings. The summed E-state index contributed by atoms with van der Waals surface area (Å²) in [6.45, 7) is 0.991. The Hall–Kier alpha value is -2.82. The van der Waals surface area contributed by atoms with Gasteiger partial charge in [-0.15, -0.1) is 0 Å². The maximum atomic E-state index is 12.6. The summed E-state index contributed by atoms with van der Waals surface area (Å²) in [4.78, 5) is 25.5. The fourth-order valence-electron chi connectivity index (χ4n) is 2.99. The van der Waals surface area contributed by atoms with E-state index in [1.807, 2.05) is 23.1 Å². The zero-order chi connectivity index (χ0) is 16.9. The highest BCUT2D eigenvalue weighted by atomic mass is 16.5. The van der Waals surface area contributed by atoms with Crippen LogP contribution in [0.4, 0.5) is 0 Å². The minimum atomic E-state index is -0.105. The third kappa shape index (κ3) is 3.25. The summed E-state index contributed by atoms with van der Waals surface area (Å²) < 4.78 is 5.72. The molecule has 5 heteroatoms. The minimum absolute atomic E-state index is 0.00628. The first-order valence-electron chi connectivity index (χ1n) is 7.96. The van der Waals surface area contributed by atoms with Gasteiger partial charge in [0.1, 0.15) is 18.1 Å². The summed E-state index contributed by atoms with van der Waals surface area (Å²) in [7, 11) is 0. The topological polar surface area (TPSA) is 66.8 Å². The van der Waals surface area contributed by atoms with Crippen LogP contribution in [0.25, 0.3) is 0 Å². The molecule has 1 fully saturated rings. The molecule has 24 heavy (non-hydrogen) atoms. The lowest BCUT2D eigenvalue weighted by Crippen LogP contribution is -2.39. The third-order valence-electron chi connectivity index (χ3n) is 4.25. The Kier molecular flexibility index (Phi) is 4.79. The number of nitrogens with zero attached hydrogens (tertiary/aromatic N) is 1. The van der Waals surface area contributed by atoms with Crippen molar-refractivity contribution in [1.82, 2.24) is 4.90 Å². The molecule has 0 radical (unpaired) electrons. The molecular weight excluding hydrogens is 306 g/mol. The molecular formula is C19H19NO4. The van der Waals surface area contributed by atoms with Gasteiger partial charge in [-0.2, -0.15) is 0 Å². The predicted octanol–water partition coefficient (Wildman–Crippen LogP) is 2.89. The summed E-state index contributed by atoms with van der Waals surface area (Å²) in [6.07, 6.45) is 2.35. The van der Waals surface area contributed by atoms with Crippen LogP contribution in [0.5, 0.6) is 11.5 Å². The van der Waals surface area contributed by atoms with Gasteiger partial charge in [-0.3, -0.25) is 9.59 Å². The minimum Gasteiger partial charge on any atom is -0.507 e. The van der Waals surface area contributed by atoms with Crippen molar-refractivity contribution in [1.29, 1.82) is 0 Å². The molecule has 5 nitrogen and oxygen atoms in total.